The van der Waals surface area contributed by atoms with Crippen molar-refractivity contribution in [3.05, 3.63) is 89.6 Å². The number of nitrogens with one attached hydrogen (secondary N) is 2. The van der Waals surface area contributed by atoms with E-state index in [1.54, 1.807) is 23.5 Å². The molecule has 0 spiro atoms. The molecule has 0 radical (unpaired) electrons. The summed E-state index contributed by atoms with van der Waals surface area (Å²) >= 11 is 1.66. The number of aromatic nitrogens is 1. The fourth-order valence-corrected chi connectivity index (χ4v) is 4.07. The predicted molar refractivity (Wildman–Crippen MR) is 127 cm³/mol. The Morgan fingerprint density at radius 1 is 0.968 bits per heavy atom. The lowest BCUT2D eigenvalue weighted by Gasteiger charge is -2.06. The molecule has 4 aromatic rings. The summed E-state index contributed by atoms with van der Waals surface area (Å²) in [5, 5.41) is 16.1. The third-order valence-corrected chi connectivity index (χ3v) is 5.80. The number of carbonyl (C=O) groups is 1. The summed E-state index contributed by atoms with van der Waals surface area (Å²) in [5.41, 5.74) is 5.74. The van der Waals surface area contributed by atoms with Gasteiger partial charge in [0.15, 0.2) is 0 Å². The van der Waals surface area contributed by atoms with Crippen LogP contribution in [0.25, 0.3) is 20.8 Å². The van der Waals surface area contributed by atoms with Gasteiger partial charge in [-0.05, 0) is 67.9 Å². The first-order valence-corrected chi connectivity index (χ1v) is 10.6. The Kier molecular flexibility index (Phi) is 5.78. The zero-order valence-electron chi connectivity index (χ0n) is 17.1. The highest BCUT2D eigenvalue weighted by molar-refractivity contribution is 7.21. The van der Waals surface area contributed by atoms with Gasteiger partial charge in [0.1, 0.15) is 16.6 Å². The standard InChI is InChI=1S/C25H20N4OS/c1-16-3-8-21(9-4-16)28-24(30)19(14-26)15-27-20-10-6-18(7-11-20)25-29-22-12-5-17(2)13-23(22)31-25/h3-13,15,27H,1-2H3,(H,28,30)/b19-15-. The molecule has 152 valence electrons. The maximum atomic E-state index is 12.3. The van der Waals surface area contributed by atoms with Crippen molar-refractivity contribution in [2.24, 2.45) is 0 Å². The number of hydrogen-bond donors (Lipinski definition) is 2. The molecule has 1 amide bonds. The predicted octanol–water partition coefficient (Wildman–Crippen LogP) is 6.04. The molecule has 2 N–H and O–H groups in total. The second-order valence-corrected chi connectivity index (χ2v) is 8.23. The molecule has 0 saturated carbocycles. The van der Waals surface area contributed by atoms with Crippen LogP contribution in [0.1, 0.15) is 11.1 Å². The van der Waals surface area contributed by atoms with E-state index in [1.165, 1.54) is 16.5 Å². The van der Waals surface area contributed by atoms with E-state index in [0.29, 0.717) is 5.69 Å². The summed E-state index contributed by atoms with van der Waals surface area (Å²) in [6.07, 6.45) is 1.42. The monoisotopic (exact) mass is 424 g/mol. The van der Waals surface area contributed by atoms with E-state index < -0.39 is 5.91 Å². The molecule has 0 saturated heterocycles. The van der Waals surface area contributed by atoms with Gasteiger partial charge in [0.05, 0.1) is 10.2 Å². The van der Waals surface area contributed by atoms with E-state index >= 15 is 0 Å². The van der Waals surface area contributed by atoms with Gasteiger partial charge in [0.2, 0.25) is 0 Å². The lowest BCUT2D eigenvalue weighted by molar-refractivity contribution is -0.112. The molecule has 31 heavy (non-hydrogen) atoms. The van der Waals surface area contributed by atoms with Crippen LogP contribution in [0.2, 0.25) is 0 Å². The normalized spacial score (nSPS) is 11.2. The molecule has 0 atom stereocenters. The van der Waals surface area contributed by atoms with Crippen LogP contribution in [0, 0.1) is 25.2 Å². The lowest BCUT2D eigenvalue weighted by atomic mass is 10.2. The maximum absolute atomic E-state index is 12.3. The van der Waals surface area contributed by atoms with Gasteiger partial charge in [-0.3, -0.25) is 4.79 Å². The fourth-order valence-electron chi connectivity index (χ4n) is 3.00. The molecule has 0 bridgehead atoms. The molecule has 0 aliphatic rings. The minimum absolute atomic E-state index is 0.00815. The minimum atomic E-state index is -0.458. The van der Waals surface area contributed by atoms with Crippen LogP contribution in [-0.2, 0) is 4.79 Å². The molecule has 0 unspecified atom stereocenters. The first-order valence-electron chi connectivity index (χ1n) is 9.74. The largest absolute Gasteiger partial charge is 0.360 e. The van der Waals surface area contributed by atoms with E-state index in [9.17, 15) is 10.1 Å². The zero-order valence-corrected chi connectivity index (χ0v) is 18.0. The summed E-state index contributed by atoms with van der Waals surface area (Å²) in [6.45, 7) is 4.04. The van der Waals surface area contributed by atoms with Gasteiger partial charge in [0, 0.05) is 23.1 Å². The second-order valence-electron chi connectivity index (χ2n) is 7.20. The van der Waals surface area contributed by atoms with Crippen LogP contribution in [-0.4, -0.2) is 10.9 Å². The van der Waals surface area contributed by atoms with Crippen LogP contribution in [0.4, 0.5) is 11.4 Å². The molecule has 0 aliphatic carbocycles. The molecular weight excluding hydrogens is 404 g/mol. The average molecular weight is 425 g/mol. The van der Waals surface area contributed by atoms with Crippen molar-refractivity contribution in [2.75, 3.05) is 10.6 Å². The molecule has 3 aromatic carbocycles. The van der Waals surface area contributed by atoms with E-state index in [1.807, 2.05) is 55.5 Å². The van der Waals surface area contributed by atoms with Crippen LogP contribution in [0.15, 0.2) is 78.5 Å². The first kappa shape index (κ1) is 20.3. The Morgan fingerprint density at radius 3 is 2.35 bits per heavy atom. The molecule has 5 nitrogen and oxygen atoms in total. The van der Waals surface area contributed by atoms with Crippen LogP contribution in [0.3, 0.4) is 0 Å². The summed E-state index contributed by atoms with van der Waals surface area (Å²) < 4.78 is 1.17. The van der Waals surface area contributed by atoms with Crippen molar-refractivity contribution in [3.8, 4) is 16.6 Å². The topological polar surface area (TPSA) is 77.8 Å². The number of anilines is 2. The first-order chi connectivity index (χ1) is 15.0. The SMILES string of the molecule is Cc1ccc(NC(=O)/C(C#N)=C\Nc2ccc(-c3nc4ccc(C)cc4s3)cc2)cc1. The third-order valence-electron chi connectivity index (χ3n) is 4.73. The molecule has 4 rings (SSSR count). The van der Waals surface area contributed by atoms with Crippen molar-refractivity contribution >= 4 is 38.8 Å². The van der Waals surface area contributed by atoms with E-state index in [4.69, 9.17) is 4.98 Å². The van der Waals surface area contributed by atoms with Crippen LogP contribution >= 0.6 is 11.3 Å². The van der Waals surface area contributed by atoms with E-state index in [0.717, 1.165) is 27.3 Å². The summed E-state index contributed by atoms with van der Waals surface area (Å²) in [7, 11) is 0. The average Bonchev–Trinajstić information content (AvgIpc) is 3.19. The molecule has 0 fully saturated rings. The number of rotatable bonds is 5. The van der Waals surface area contributed by atoms with Crippen molar-refractivity contribution in [2.45, 2.75) is 13.8 Å². The number of thiazole rings is 1. The highest BCUT2D eigenvalue weighted by atomic mass is 32.1. The number of amides is 1. The van der Waals surface area contributed by atoms with Gasteiger partial charge in [-0.15, -0.1) is 11.3 Å². The van der Waals surface area contributed by atoms with Gasteiger partial charge in [-0.25, -0.2) is 4.98 Å². The Bertz CT molecular complexity index is 1310. The maximum Gasteiger partial charge on any atom is 0.267 e. The number of nitriles is 1. The van der Waals surface area contributed by atoms with E-state index in [-0.39, 0.29) is 5.57 Å². The molecule has 1 heterocycles. The van der Waals surface area contributed by atoms with Gasteiger partial charge < -0.3 is 10.6 Å². The van der Waals surface area contributed by atoms with Gasteiger partial charge in [-0.2, -0.15) is 5.26 Å². The lowest BCUT2D eigenvalue weighted by Crippen LogP contribution is -2.14. The summed E-state index contributed by atoms with van der Waals surface area (Å²) in [5.74, 6) is -0.458. The number of benzene rings is 3. The van der Waals surface area contributed by atoms with Crippen molar-refractivity contribution < 1.29 is 4.79 Å². The summed E-state index contributed by atoms with van der Waals surface area (Å²) in [6, 6.07) is 23.3. The number of carbonyl (C=O) groups excluding carboxylic acids is 1. The Hall–Kier alpha value is -3.95. The number of fused-ring (bicyclic) bond motifs is 1. The molecular formula is C25H20N4OS. The Balaban J connectivity index is 1.45. The van der Waals surface area contributed by atoms with Gasteiger partial charge >= 0.3 is 0 Å². The quantitative estimate of drug-likeness (QED) is 0.302. The molecule has 6 heteroatoms. The second kappa shape index (κ2) is 8.82. The van der Waals surface area contributed by atoms with Crippen molar-refractivity contribution in [1.29, 1.82) is 5.26 Å². The Morgan fingerprint density at radius 2 is 1.65 bits per heavy atom. The number of hydrogen-bond acceptors (Lipinski definition) is 5. The highest BCUT2D eigenvalue weighted by Gasteiger charge is 2.10. The summed E-state index contributed by atoms with van der Waals surface area (Å²) in [4.78, 5) is 17.0. The van der Waals surface area contributed by atoms with Gasteiger partial charge in [-0.1, -0.05) is 23.8 Å². The van der Waals surface area contributed by atoms with Crippen molar-refractivity contribution in [3.63, 3.8) is 0 Å². The minimum Gasteiger partial charge on any atom is -0.360 e. The third kappa shape index (κ3) is 4.80. The fraction of sp³-hybridized carbons (Fsp3) is 0.0800. The highest BCUT2D eigenvalue weighted by Crippen LogP contribution is 2.31. The number of aryl methyl sites for hydroxylation is 2. The Labute approximate surface area is 184 Å². The molecule has 0 aliphatic heterocycles. The van der Waals surface area contributed by atoms with E-state index in [2.05, 4.69) is 29.7 Å². The smallest absolute Gasteiger partial charge is 0.267 e. The van der Waals surface area contributed by atoms with Gasteiger partial charge in [0.25, 0.3) is 5.91 Å². The zero-order chi connectivity index (χ0) is 21.8. The molecule has 1 aromatic heterocycles. The van der Waals surface area contributed by atoms with Crippen molar-refractivity contribution in [1.82, 2.24) is 4.98 Å². The van der Waals surface area contributed by atoms with Crippen LogP contribution in [0.5, 0.6) is 0 Å². The van der Waals surface area contributed by atoms with Crippen LogP contribution < -0.4 is 10.6 Å². The number of nitrogens with zero attached hydrogens (tertiary/aromatic N) is 2.